The molecule has 824 valence electrons. The zero-order valence-corrected chi connectivity index (χ0v) is 97.1. The Balaban J connectivity index is 0.000000165. The lowest BCUT2D eigenvalue weighted by Gasteiger charge is -2.69. The predicted molar refractivity (Wildman–Crippen MR) is 590 cm³/mol. The van der Waals surface area contributed by atoms with Crippen molar-refractivity contribution in [2.45, 2.75) is 449 Å². The summed E-state index contributed by atoms with van der Waals surface area (Å²) in [6.45, 7) is 66.4. The number of aliphatic hydroxyl groups is 4. The molecule has 12 N–H and O–H groups in total. The van der Waals surface area contributed by atoms with E-state index in [0.29, 0.717) is 94.3 Å². The minimum absolute atomic E-state index is 0.00131. The molecular weight excluding hydrogens is 1850 g/mol. The first-order valence-corrected chi connectivity index (χ1v) is 57.4. The first-order valence-electron chi connectivity index (χ1n) is 57.4. The highest BCUT2D eigenvalue weighted by Crippen LogP contribution is 2.80. The summed E-state index contributed by atoms with van der Waals surface area (Å²) < 4.78 is 24.0. The van der Waals surface area contributed by atoms with Crippen molar-refractivity contribution in [3.8, 4) is 0 Å². The minimum Gasteiger partial charge on any atom is -0.458 e. The van der Waals surface area contributed by atoms with E-state index in [2.05, 4.69) is 111 Å². The van der Waals surface area contributed by atoms with Gasteiger partial charge in [-0.2, -0.15) is 0 Å². The molecular formula is C128H196N4O16. The van der Waals surface area contributed by atoms with Gasteiger partial charge in [-0.3, -0.25) is 38.4 Å². The molecule has 20 heteroatoms. The maximum absolute atomic E-state index is 13.1. The van der Waals surface area contributed by atoms with Gasteiger partial charge in [0.1, 0.15) is 24.4 Å². The monoisotopic (exact) mass is 2050 g/mol. The van der Waals surface area contributed by atoms with Crippen LogP contribution in [0, 0.1) is 160 Å². The SMILES string of the molecule is CC(=O)O[C@H]1C[C@@]2(C)[C@@H](C[C@@H](N)[C@H]3[C@@]4(C)CC[C@@H](O)[C@@H](C)[C@@H]4CC[C@@]32C)/C1=C(\C=C/C=C(C)C)C(C)=O.CC(=O)O[C@H]1C[C@@]2(C)[C@@H](C[C@H](N)[C@H]3[C@@]4(C)CC[C@@H](O)[C@@H](C)[C@@H]4CC[C@@]32C)/C1=C(\C=C/C=C(C)C)C(C)=O.CC(=O)O[C@H]1C[C@@]2(C)[C@H](/C1=C(\C=C/C=C(C)C)C(C)=O)[C@@H](N)C[C@H]1[C@@]3(C)CC[C@@H](O)[C@@H](C)[C@@H]3CC[C@@]12C.CC(=O)O[C@H]1C[C@@]2(C)[C@H](/C1=C(\C=C/C=C(C)C)C(C)=O)[C@H](N)C[C@H]1[C@@]3(C)CC[C@@H](O)[C@@H](C)[C@@H]3CC[C@@]12C. The van der Waals surface area contributed by atoms with Crippen LogP contribution in [-0.4, -0.2) is 140 Å². The molecule has 16 aliphatic rings. The number of Topliss-reactive ketones (excluding diaryl/α,β-unsaturated/α-hetero) is 4. The summed E-state index contributed by atoms with van der Waals surface area (Å²) in [7, 11) is 0. The maximum atomic E-state index is 13.1. The average Bonchev–Trinajstić information content (AvgIpc) is 1.70. The Morgan fingerprint density at radius 2 is 0.500 bits per heavy atom. The molecule has 0 aliphatic heterocycles. The molecule has 16 rings (SSSR count). The van der Waals surface area contributed by atoms with Crippen molar-refractivity contribution in [3.05, 3.63) is 140 Å². The lowest BCUT2D eigenvalue weighted by atomic mass is 9.36. The van der Waals surface area contributed by atoms with E-state index in [1.165, 1.54) is 27.7 Å². The van der Waals surface area contributed by atoms with Crippen LogP contribution in [0.25, 0.3) is 0 Å². The van der Waals surface area contributed by atoms with Gasteiger partial charge in [0.25, 0.3) is 0 Å². The van der Waals surface area contributed by atoms with Crippen LogP contribution in [-0.2, 0) is 57.3 Å². The molecule has 0 radical (unpaired) electrons. The van der Waals surface area contributed by atoms with Gasteiger partial charge in [-0.05, 0) is 407 Å². The number of fused-ring (bicyclic) bond motifs is 20. The lowest BCUT2D eigenvalue weighted by Crippen LogP contribution is -2.67. The molecule has 16 aliphatic carbocycles. The van der Waals surface area contributed by atoms with Crippen LogP contribution in [0.3, 0.4) is 0 Å². The molecule has 0 aromatic heterocycles. The molecule has 0 spiro atoms. The van der Waals surface area contributed by atoms with Gasteiger partial charge in [-0.15, -0.1) is 0 Å². The van der Waals surface area contributed by atoms with E-state index in [9.17, 15) is 58.8 Å². The Labute approximate surface area is 890 Å². The summed E-state index contributed by atoms with van der Waals surface area (Å²) >= 11 is 0. The summed E-state index contributed by atoms with van der Waals surface area (Å²) in [4.78, 5) is 101. The first kappa shape index (κ1) is 118. The third kappa shape index (κ3) is 20.4. The number of aliphatic hydroxyl groups excluding tert-OH is 4. The Hall–Kier alpha value is -6.88. The Morgan fingerprint density at radius 1 is 0.277 bits per heavy atom. The van der Waals surface area contributed by atoms with Crippen molar-refractivity contribution in [2.75, 3.05) is 0 Å². The van der Waals surface area contributed by atoms with E-state index in [1.807, 2.05) is 128 Å². The Morgan fingerprint density at radius 3 is 0.743 bits per heavy atom. The molecule has 0 unspecified atom stereocenters. The summed E-state index contributed by atoms with van der Waals surface area (Å²) in [5.41, 5.74) is 39.2. The number of nitrogens with two attached hydrogens (primary N) is 4. The highest BCUT2D eigenvalue weighted by atomic mass is 16.6. The van der Waals surface area contributed by atoms with Crippen LogP contribution < -0.4 is 22.9 Å². The van der Waals surface area contributed by atoms with Gasteiger partial charge in [0, 0.05) is 86.0 Å². The number of esters is 4. The molecule has 148 heavy (non-hydrogen) atoms. The number of carbonyl (C=O) groups excluding carboxylic acids is 8. The quantitative estimate of drug-likeness (QED) is 0.0308. The third-order valence-electron chi connectivity index (χ3n) is 46.0. The van der Waals surface area contributed by atoms with E-state index >= 15 is 0 Å². The van der Waals surface area contributed by atoms with Crippen molar-refractivity contribution in [1.82, 2.24) is 0 Å². The van der Waals surface area contributed by atoms with Gasteiger partial charge >= 0.3 is 23.9 Å². The molecule has 0 aromatic rings. The zero-order valence-electron chi connectivity index (χ0n) is 97.1. The number of ketones is 4. The summed E-state index contributed by atoms with van der Waals surface area (Å²) in [5.74, 6) is 3.33. The van der Waals surface area contributed by atoms with Crippen LogP contribution in [0.15, 0.2) is 140 Å². The van der Waals surface area contributed by atoms with Crippen molar-refractivity contribution in [3.63, 3.8) is 0 Å². The molecule has 16 saturated carbocycles. The average molecular weight is 2050 g/mol. The summed E-state index contributed by atoms with van der Waals surface area (Å²) in [6, 6.07) is -0.274. The second-order valence-corrected chi connectivity index (χ2v) is 54.8. The fraction of sp³-hybridized carbons (Fsp3) is 0.750. The van der Waals surface area contributed by atoms with Gasteiger partial charge in [0.15, 0.2) is 23.1 Å². The molecule has 0 saturated heterocycles. The van der Waals surface area contributed by atoms with Gasteiger partial charge in [0.2, 0.25) is 0 Å². The first-order chi connectivity index (χ1) is 68.7. The second kappa shape index (κ2) is 43.7. The fourth-order valence-corrected chi connectivity index (χ4v) is 38.8. The number of rotatable bonds is 16. The smallest absolute Gasteiger partial charge is 0.303 e. The number of allylic oxidation sites excluding steroid dienone is 20. The molecule has 40 atom stereocenters. The number of ether oxygens (including phenoxy) is 4. The van der Waals surface area contributed by atoms with Crippen molar-refractivity contribution in [2.24, 2.45) is 183 Å². The topological polar surface area (TPSA) is 358 Å². The largest absolute Gasteiger partial charge is 0.458 e. The molecule has 0 amide bonds. The normalized spacial score (nSPS) is 46.5. The second-order valence-electron chi connectivity index (χ2n) is 54.8. The van der Waals surface area contributed by atoms with Gasteiger partial charge in [-0.1, -0.05) is 206 Å². The van der Waals surface area contributed by atoms with Crippen LogP contribution >= 0.6 is 0 Å². The third-order valence-corrected chi connectivity index (χ3v) is 46.0. The van der Waals surface area contributed by atoms with E-state index in [-0.39, 0.29) is 196 Å². The minimum atomic E-state index is -0.443. The summed E-state index contributed by atoms with van der Waals surface area (Å²) in [5, 5.41) is 42.8. The number of hydrogen-bond acceptors (Lipinski definition) is 20. The van der Waals surface area contributed by atoms with Crippen LogP contribution in [0.4, 0.5) is 0 Å². The molecule has 20 nitrogen and oxygen atoms in total. The van der Waals surface area contributed by atoms with Gasteiger partial charge in [0.05, 0.1) is 24.4 Å². The molecule has 16 fully saturated rings. The van der Waals surface area contributed by atoms with E-state index < -0.39 is 24.4 Å². The predicted octanol–water partition coefficient (Wildman–Crippen LogP) is 23.7. The standard InChI is InChI=1S/4C32H49NO4/c2*1-18(2)10-9-11-22(20(4)34)28-24-16-25(33)29-30(6)14-13-26(36)19(3)23(30)12-15-31(29,7)32(24,8)17-27(28)37-21(5)35;2*1-18(2)10-9-11-22(20(4)34)28-26(37-21(5)35)17-32(8)29(28)24(33)16-27-30(6)14-13-25(36)19(3)23(30)12-15-31(27,32)7/h4*9-11,19,23-27,29,36H,12-17,33H2,1-8H3/b2*11-9-,28-22-;2*11-9-,28-22+/t19-,23-,24-,25+,26+,27-,29-,30-,31-,32-;19-,23-,24-,25-,26+,27-,29-,30-,31-,32-;19-,23-,24+,25+,26-,27-,29-,30-,31-,32-;19-,23-,24-,25+,26-,27-,29-,30-,31-,32-/m0000/s1. The van der Waals surface area contributed by atoms with Gasteiger partial charge < -0.3 is 62.3 Å². The van der Waals surface area contributed by atoms with Crippen molar-refractivity contribution in [1.29, 1.82) is 0 Å². The van der Waals surface area contributed by atoms with Crippen LogP contribution in [0.1, 0.15) is 376 Å². The summed E-state index contributed by atoms with van der Waals surface area (Å²) in [6.07, 6.45) is 42.9. The van der Waals surface area contributed by atoms with Crippen LogP contribution in [0.5, 0.6) is 0 Å². The van der Waals surface area contributed by atoms with E-state index in [1.54, 1.807) is 27.7 Å². The Kier molecular flexibility index (Phi) is 34.9. The lowest BCUT2D eigenvalue weighted by molar-refractivity contribution is -0.204. The van der Waals surface area contributed by atoms with E-state index in [4.69, 9.17) is 41.9 Å². The van der Waals surface area contributed by atoms with Crippen molar-refractivity contribution < 1.29 is 77.7 Å². The molecule has 0 aromatic carbocycles. The highest BCUT2D eigenvalue weighted by Gasteiger charge is 2.76. The number of carbonyl (C=O) groups is 8. The number of hydrogen-bond donors (Lipinski definition) is 8. The maximum Gasteiger partial charge on any atom is 0.303 e. The molecule has 0 heterocycles. The van der Waals surface area contributed by atoms with Crippen molar-refractivity contribution >= 4 is 47.0 Å². The highest BCUT2D eigenvalue weighted by molar-refractivity contribution is 5.99. The zero-order chi connectivity index (χ0) is 110. The van der Waals surface area contributed by atoms with Crippen LogP contribution in [0.2, 0.25) is 0 Å². The Bertz CT molecular complexity index is 5130. The van der Waals surface area contributed by atoms with Gasteiger partial charge in [-0.25, -0.2) is 0 Å². The molecule has 0 bridgehead atoms. The fourth-order valence-electron chi connectivity index (χ4n) is 38.8. The van der Waals surface area contributed by atoms with E-state index in [0.717, 1.165) is 186 Å².